The number of aromatic nitrogens is 1. The smallest absolute Gasteiger partial charge is 0.394 e. The summed E-state index contributed by atoms with van der Waals surface area (Å²) in [4.78, 5) is 2.26. The SMILES string of the molecule is Cc1cc(N(CCOCC(C)OCC(C)OCC(C)OCC(C)OCC(C)OCC(C)OCC(C)OCCOCCOCCOCCO)CCOCC(C)OCC(C)OCC(C)OCC(C)OCC(C)OCC(C)OCC(C)OCCOCCOCCOCCO)ccc1/N=N/c1scc[n+]1C. The molecule has 598 valence electrons. The van der Waals surface area contributed by atoms with Crippen LogP contribution in [0.15, 0.2) is 40.0 Å². The number of benzene rings is 1. The minimum atomic E-state index is -0.147. The molecule has 29 heteroatoms. The highest BCUT2D eigenvalue weighted by atomic mass is 32.1. The number of aliphatic hydroxyl groups is 2. The average Bonchev–Trinajstić information content (AvgIpc) is 1.45. The number of hydrogen-bond acceptors (Lipinski definition) is 28. The molecule has 2 aromatic rings. The Morgan fingerprint density at radius 2 is 0.598 bits per heavy atom. The van der Waals surface area contributed by atoms with Crippen molar-refractivity contribution < 1.29 is 119 Å². The van der Waals surface area contributed by atoms with E-state index in [1.807, 2.05) is 133 Å². The van der Waals surface area contributed by atoms with E-state index in [0.717, 1.165) is 22.1 Å². The number of azo groups is 1. The average molecular weight is 1490 g/mol. The molecule has 1 aromatic heterocycles. The summed E-state index contributed by atoms with van der Waals surface area (Å²) < 4.78 is 131. The van der Waals surface area contributed by atoms with Gasteiger partial charge in [0.05, 0.1) is 309 Å². The Balaban J connectivity index is 1.63. The molecule has 2 N–H and O–H groups in total. The van der Waals surface area contributed by atoms with Gasteiger partial charge in [0.25, 0.3) is 0 Å². The first-order valence-electron chi connectivity index (χ1n) is 36.8. The number of aryl methyl sites for hydroxylation is 2. The Bertz CT molecular complexity index is 2140. The normalized spacial score (nSPS) is 16.4. The van der Waals surface area contributed by atoms with E-state index in [-0.39, 0.29) is 98.7 Å². The van der Waals surface area contributed by atoms with Crippen molar-refractivity contribution in [2.24, 2.45) is 17.3 Å². The summed E-state index contributed by atoms with van der Waals surface area (Å²) in [5.74, 6) is 0. The van der Waals surface area contributed by atoms with E-state index in [1.54, 1.807) is 0 Å². The van der Waals surface area contributed by atoms with Crippen molar-refractivity contribution in [1.82, 2.24) is 0 Å². The third-order valence-electron chi connectivity index (χ3n) is 14.9. The van der Waals surface area contributed by atoms with Crippen molar-refractivity contribution in [2.75, 3.05) is 229 Å². The maximum Gasteiger partial charge on any atom is 0.408 e. The molecular weight excluding hydrogens is 1350 g/mol. The van der Waals surface area contributed by atoms with E-state index < -0.39 is 0 Å². The molecule has 28 nitrogen and oxygen atoms in total. The van der Waals surface area contributed by atoms with Gasteiger partial charge in [0.1, 0.15) is 11.9 Å². The maximum atomic E-state index is 8.71. The molecule has 0 spiro atoms. The minimum absolute atomic E-state index is 0.00841. The van der Waals surface area contributed by atoms with E-state index in [0.29, 0.717) is 211 Å². The Labute approximate surface area is 615 Å². The zero-order chi connectivity index (χ0) is 74.8. The lowest BCUT2D eigenvalue weighted by atomic mass is 10.1. The molecule has 1 heterocycles. The van der Waals surface area contributed by atoms with E-state index >= 15 is 0 Å². The summed E-state index contributed by atoms with van der Waals surface area (Å²) >= 11 is 1.54. The molecule has 0 aliphatic heterocycles. The first-order chi connectivity index (χ1) is 49.2. The standard InChI is InChI=1S/C73H137N4O24S/c1-56-41-71(17-18-72(56)74-75-73-76(16)21-40-102-73)77(19-24-86-42-57(2)90-46-61(6)94-50-65(10)98-54-69(14)100-52-67(12)96-48-63(8)92-44-59(4)88-38-36-84-34-32-82-30-28-80-26-22-78)20-25-87-43-58(3)91-47-62(7)95-51-66(11)99-55-70(15)101-53-68(13)97-49-64(9)93-45-60(5)89-39-37-85-35-33-83-31-29-81-27-23-79/h17-18,21,40-41,57-70,78-79H,19-20,22-39,42-55H2,1-16H3/q+1. The highest BCUT2D eigenvalue weighted by molar-refractivity contribution is 7.12. The molecule has 0 saturated heterocycles. The van der Waals surface area contributed by atoms with Crippen molar-refractivity contribution in [3.8, 4) is 0 Å². The van der Waals surface area contributed by atoms with Crippen molar-refractivity contribution >= 4 is 27.8 Å². The van der Waals surface area contributed by atoms with Gasteiger partial charge in [0, 0.05) is 24.2 Å². The monoisotopic (exact) mass is 1490 g/mol. The lowest BCUT2D eigenvalue weighted by molar-refractivity contribution is -0.654. The van der Waals surface area contributed by atoms with Crippen molar-refractivity contribution in [2.45, 2.75) is 189 Å². The van der Waals surface area contributed by atoms with Crippen LogP contribution in [0.4, 0.5) is 16.5 Å². The van der Waals surface area contributed by atoms with Crippen molar-refractivity contribution in [3.63, 3.8) is 0 Å². The van der Waals surface area contributed by atoms with Gasteiger partial charge in [-0.15, -0.1) is 0 Å². The van der Waals surface area contributed by atoms with Gasteiger partial charge in [-0.05, 0) is 144 Å². The third-order valence-corrected chi connectivity index (χ3v) is 15.7. The fourth-order valence-corrected chi connectivity index (χ4v) is 9.47. The van der Waals surface area contributed by atoms with Gasteiger partial charge < -0.3 is 119 Å². The van der Waals surface area contributed by atoms with Crippen LogP contribution in [0.25, 0.3) is 0 Å². The van der Waals surface area contributed by atoms with E-state index in [4.69, 9.17) is 114 Å². The van der Waals surface area contributed by atoms with Gasteiger partial charge in [0.2, 0.25) is 0 Å². The van der Waals surface area contributed by atoms with Crippen LogP contribution in [-0.2, 0) is 111 Å². The second kappa shape index (κ2) is 63.2. The summed E-state index contributed by atoms with van der Waals surface area (Å²) in [5.41, 5.74) is 2.84. The molecule has 0 aliphatic rings. The topological polar surface area (TPSA) is 275 Å². The quantitative estimate of drug-likeness (QED) is 0.0362. The largest absolute Gasteiger partial charge is 0.408 e. The highest BCUT2D eigenvalue weighted by Gasteiger charge is 2.19. The van der Waals surface area contributed by atoms with Crippen LogP contribution >= 0.6 is 11.3 Å². The van der Waals surface area contributed by atoms with Crippen molar-refractivity contribution in [3.05, 3.63) is 35.3 Å². The summed E-state index contributed by atoms with van der Waals surface area (Å²) in [6, 6.07) is 6.19. The number of hydrogen-bond donors (Lipinski definition) is 2. The molecular formula is C73H137N4O24S+. The molecule has 0 amide bonds. The van der Waals surface area contributed by atoms with Crippen LogP contribution in [0.3, 0.4) is 0 Å². The third kappa shape index (κ3) is 54.0. The number of thiazole rings is 1. The molecule has 0 bridgehead atoms. The summed E-state index contributed by atoms with van der Waals surface area (Å²) in [7, 11) is 1.95. The van der Waals surface area contributed by atoms with E-state index in [2.05, 4.69) is 27.3 Å². The lowest BCUT2D eigenvalue weighted by Crippen LogP contribution is -2.33. The molecule has 0 radical (unpaired) electrons. The molecule has 14 unspecified atom stereocenters. The van der Waals surface area contributed by atoms with Gasteiger partial charge in [-0.1, -0.05) is 0 Å². The van der Waals surface area contributed by atoms with Crippen LogP contribution in [0.2, 0.25) is 0 Å². The van der Waals surface area contributed by atoms with Crippen LogP contribution in [0.1, 0.15) is 102 Å². The summed E-state index contributed by atoms with van der Waals surface area (Å²) in [5, 5.41) is 29.3. The predicted molar refractivity (Wildman–Crippen MR) is 390 cm³/mol. The van der Waals surface area contributed by atoms with Crippen LogP contribution in [0.5, 0.6) is 0 Å². The molecule has 1 aromatic carbocycles. The Kier molecular flexibility index (Phi) is 59.1. The maximum absolute atomic E-state index is 8.71. The second-order valence-corrected chi connectivity index (χ2v) is 26.7. The molecule has 14 atom stereocenters. The number of aliphatic hydroxyl groups excluding tert-OH is 2. The Morgan fingerprint density at radius 1 is 0.333 bits per heavy atom. The summed E-state index contributed by atoms with van der Waals surface area (Å²) in [6.45, 7) is 44.3. The first kappa shape index (κ1) is 95.4. The number of nitrogens with zero attached hydrogens (tertiary/aromatic N) is 4. The Hall–Kier alpha value is -2.71. The van der Waals surface area contributed by atoms with Crippen LogP contribution < -0.4 is 9.47 Å². The zero-order valence-electron chi connectivity index (χ0n) is 65.1. The van der Waals surface area contributed by atoms with Gasteiger partial charge in [-0.25, -0.2) is 4.57 Å². The number of anilines is 1. The highest BCUT2D eigenvalue weighted by Crippen LogP contribution is 2.27. The van der Waals surface area contributed by atoms with Gasteiger partial charge >= 0.3 is 5.13 Å². The molecule has 102 heavy (non-hydrogen) atoms. The second-order valence-electron chi connectivity index (χ2n) is 25.8. The van der Waals surface area contributed by atoms with Gasteiger partial charge in [0.15, 0.2) is 0 Å². The lowest BCUT2D eigenvalue weighted by Gasteiger charge is -2.26. The van der Waals surface area contributed by atoms with Crippen LogP contribution in [-0.4, -0.2) is 320 Å². The first-order valence-corrected chi connectivity index (χ1v) is 37.7. The van der Waals surface area contributed by atoms with Crippen molar-refractivity contribution in [1.29, 1.82) is 0 Å². The molecule has 2 rings (SSSR count). The number of rotatable bonds is 73. The van der Waals surface area contributed by atoms with E-state index in [1.165, 1.54) is 11.3 Å². The van der Waals surface area contributed by atoms with Crippen LogP contribution in [0, 0.1) is 6.92 Å². The van der Waals surface area contributed by atoms with Gasteiger partial charge in [-0.3, -0.25) is 0 Å². The minimum Gasteiger partial charge on any atom is -0.394 e. The van der Waals surface area contributed by atoms with Gasteiger partial charge in [-0.2, -0.15) is 0 Å². The Morgan fingerprint density at radius 3 is 0.863 bits per heavy atom. The predicted octanol–water partition coefficient (Wildman–Crippen LogP) is 7.89. The summed E-state index contributed by atoms with van der Waals surface area (Å²) in [6.07, 6.45) is 0.230. The zero-order valence-corrected chi connectivity index (χ0v) is 65.9. The molecule has 0 saturated carbocycles. The molecule has 0 fully saturated rings. The fourth-order valence-electron chi connectivity index (χ4n) is 8.79. The number of ether oxygens (including phenoxy) is 22. The fraction of sp³-hybridized carbons (Fsp3) is 0.877. The molecule has 0 aliphatic carbocycles. The van der Waals surface area contributed by atoms with E-state index in [9.17, 15) is 0 Å².